The lowest BCUT2D eigenvalue weighted by atomic mass is 10.2. The lowest BCUT2D eigenvalue weighted by Gasteiger charge is -2.13. The molecule has 0 saturated heterocycles. The summed E-state index contributed by atoms with van der Waals surface area (Å²) < 4.78 is 4.70. The highest BCUT2D eigenvalue weighted by atomic mass is 16.5. The minimum absolute atomic E-state index is 0.0668. The summed E-state index contributed by atoms with van der Waals surface area (Å²) in [6, 6.07) is 0. The monoisotopic (exact) mass is 259 g/mol. The van der Waals surface area contributed by atoms with Crippen LogP contribution in [0.1, 0.15) is 25.7 Å². The molecule has 0 saturated carbocycles. The number of nitrogens with zero attached hydrogens (tertiary/aromatic N) is 1. The van der Waals surface area contributed by atoms with Crippen LogP contribution in [0, 0.1) is 0 Å². The van der Waals surface area contributed by atoms with Crippen LogP contribution < -0.4 is 22.5 Å². The molecular formula is C10H21N5O3. The minimum Gasteiger partial charge on any atom is -0.370 e. The second kappa shape index (κ2) is 9.23. The van der Waals surface area contributed by atoms with E-state index in [4.69, 9.17) is 21.9 Å². The van der Waals surface area contributed by atoms with Crippen LogP contribution in [0.2, 0.25) is 0 Å². The Balaban J connectivity index is 3.65. The van der Waals surface area contributed by atoms with E-state index < -0.39 is 12.1 Å². The Kier molecular flexibility index (Phi) is 8.29. The van der Waals surface area contributed by atoms with Crippen molar-refractivity contribution in [2.24, 2.45) is 22.2 Å². The molecule has 0 radical (unpaired) electrons. The molecule has 8 heteroatoms. The molecule has 0 spiro atoms. The maximum Gasteiger partial charge on any atom is 0.267 e. The molecule has 0 aliphatic carbocycles. The van der Waals surface area contributed by atoms with Gasteiger partial charge in [-0.25, -0.2) is 0 Å². The normalized spacial score (nSPS) is 11.6. The fourth-order valence-corrected chi connectivity index (χ4v) is 1.25. The van der Waals surface area contributed by atoms with Gasteiger partial charge in [-0.2, -0.15) is 0 Å². The molecule has 0 aromatic carbocycles. The Labute approximate surface area is 106 Å². The Morgan fingerprint density at radius 2 is 1.89 bits per heavy atom. The molecule has 8 nitrogen and oxygen atoms in total. The molecule has 0 aromatic rings. The molecule has 0 aliphatic rings. The second-order valence-electron chi connectivity index (χ2n) is 3.70. The summed E-state index contributed by atoms with van der Waals surface area (Å²) in [5.41, 5.74) is 15.3. The largest absolute Gasteiger partial charge is 0.370 e. The number of amides is 2. The van der Waals surface area contributed by atoms with Crippen molar-refractivity contribution in [2.75, 3.05) is 13.7 Å². The van der Waals surface area contributed by atoms with Gasteiger partial charge in [-0.1, -0.05) is 6.42 Å². The smallest absolute Gasteiger partial charge is 0.267 e. The van der Waals surface area contributed by atoms with E-state index >= 15 is 0 Å². The quantitative estimate of drug-likeness (QED) is 0.170. The SMILES string of the molecule is COC(NC(=O)CCCCCN=C(N)N)C(N)=O. The number of nitrogens with two attached hydrogens (primary N) is 3. The number of primary amides is 1. The summed E-state index contributed by atoms with van der Waals surface area (Å²) in [4.78, 5) is 26.0. The highest BCUT2D eigenvalue weighted by Gasteiger charge is 2.15. The molecule has 104 valence electrons. The molecule has 0 rings (SSSR count). The Hall–Kier alpha value is -1.83. The zero-order valence-electron chi connectivity index (χ0n) is 10.5. The van der Waals surface area contributed by atoms with Crippen LogP contribution in [0.25, 0.3) is 0 Å². The van der Waals surface area contributed by atoms with Crippen LogP contribution in [0.4, 0.5) is 0 Å². The molecule has 1 atom stereocenters. The van der Waals surface area contributed by atoms with Gasteiger partial charge in [-0.15, -0.1) is 0 Å². The summed E-state index contributed by atoms with van der Waals surface area (Å²) in [5.74, 6) is -0.932. The predicted molar refractivity (Wildman–Crippen MR) is 67.3 cm³/mol. The average molecular weight is 259 g/mol. The molecule has 0 heterocycles. The first kappa shape index (κ1) is 16.2. The van der Waals surface area contributed by atoms with Crippen LogP contribution in [0.5, 0.6) is 0 Å². The Morgan fingerprint density at radius 1 is 1.22 bits per heavy atom. The molecule has 1 unspecified atom stereocenters. The van der Waals surface area contributed by atoms with Gasteiger partial charge in [0.15, 0.2) is 5.96 Å². The summed E-state index contributed by atoms with van der Waals surface area (Å²) in [5, 5.41) is 2.37. The molecule has 2 amide bonds. The van der Waals surface area contributed by atoms with E-state index in [9.17, 15) is 9.59 Å². The number of aliphatic imine (C=N–C) groups is 1. The van der Waals surface area contributed by atoms with Crippen molar-refractivity contribution >= 4 is 17.8 Å². The van der Waals surface area contributed by atoms with Gasteiger partial charge in [0.05, 0.1) is 0 Å². The van der Waals surface area contributed by atoms with Crippen molar-refractivity contribution in [1.29, 1.82) is 0 Å². The lowest BCUT2D eigenvalue weighted by molar-refractivity contribution is -0.136. The molecule has 0 aliphatic heterocycles. The van der Waals surface area contributed by atoms with Crippen LogP contribution in [0.3, 0.4) is 0 Å². The van der Waals surface area contributed by atoms with Crippen molar-refractivity contribution < 1.29 is 14.3 Å². The van der Waals surface area contributed by atoms with Gasteiger partial charge in [0.1, 0.15) is 0 Å². The molecule has 7 N–H and O–H groups in total. The molecule has 0 fully saturated rings. The lowest BCUT2D eigenvalue weighted by Crippen LogP contribution is -2.45. The summed E-state index contributed by atoms with van der Waals surface area (Å²) in [6.45, 7) is 0.548. The summed E-state index contributed by atoms with van der Waals surface area (Å²) >= 11 is 0. The number of carbonyl (C=O) groups is 2. The third-order valence-corrected chi connectivity index (χ3v) is 2.14. The van der Waals surface area contributed by atoms with E-state index in [0.717, 1.165) is 12.8 Å². The number of guanidine groups is 1. The number of unbranched alkanes of at least 4 members (excludes halogenated alkanes) is 2. The van der Waals surface area contributed by atoms with Crippen LogP contribution >= 0.6 is 0 Å². The highest BCUT2D eigenvalue weighted by molar-refractivity contribution is 5.85. The van der Waals surface area contributed by atoms with Crippen molar-refractivity contribution in [3.05, 3.63) is 0 Å². The van der Waals surface area contributed by atoms with Gasteiger partial charge in [0, 0.05) is 20.1 Å². The summed E-state index contributed by atoms with van der Waals surface area (Å²) in [7, 11) is 1.30. The third kappa shape index (κ3) is 8.34. The standard InChI is InChI=1S/C10H21N5O3/c1-18-9(8(11)17)15-7(16)5-3-2-4-6-14-10(12)13/h9H,2-6H2,1H3,(H2,11,17)(H,15,16)(H4,12,13,14). The Bertz CT molecular complexity index is 302. The minimum atomic E-state index is -1.07. The summed E-state index contributed by atoms with van der Waals surface area (Å²) in [6.07, 6.45) is 1.53. The van der Waals surface area contributed by atoms with Gasteiger partial charge >= 0.3 is 0 Å². The second-order valence-corrected chi connectivity index (χ2v) is 3.70. The maximum absolute atomic E-state index is 11.4. The van der Waals surface area contributed by atoms with Crippen molar-refractivity contribution in [1.82, 2.24) is 5.32 Å². The topological polar surface area (TPSA) is 146 Å². The maximum atomic E-state index is 11.4. The number of rotatable bonds is 9. The number of nitrogens with one attached hydrogen (secondary N) is 1. The van der Waals surface area contributed by atoms with Gasteiger partial charge in [-0.05, 0) is 12.8 Å². The highest BCUT2D eigenvalue weighted by Crippen LogP contribution is 2.00. The first-order valence-electron chi connectivity index (χ1n) is 5.64. The van der Waals surface area contributed by atoms with Crippen LogP contribution in [-0.2, 0) is 14.3 Å². The number of hydrogen-bond donors (Lipinski definition) is 4. The van der Waals surface area contributed by atoms with Crippen molar-refractivity contribution in [3.8, 4) is 0 Å². The van der Waals surface area contributed by atoms with E-state index in [0.29, 0.717) is 19.4 Å². The number of methoxy groups -OCH3 is 1. The Morgan fingerprint density at radius 3 is 2.39 bits per heavy atom. The van der Waals surface area contributed by atoms with Gasteiger partial charge in [0.2, 0.25) is 12.1 Å². The van der Waals surface area contributed by atoms with E-state index in [1.165, 1.54) is 7.11 Å². The molecule has 0 aromatic heterocycles. The van der Waals surface area contributed by atoms with Crippen molar-refractivity contribution in [2.45, 2.75) is 31.9 Å². The van der Waals surface area contributed by atoms with Gasteiger partial charge in [0.25, 0.3) is 5.91 Å². The first-order valence-corrected chi connectivity index (χ1v) is 5.64. The third-order valence-electron chi connectivity index (χ3n) is 2.14. The zero-order valence-corrected chi connectivity index (χ0v) is 10.5. The van der Waals surface area contributed by atoms with Gasteiger partial charge < -0.3 is 27.3 Å². The molecule has 18 heavy (non-hydrogen) atoms. The molecule has 0 bridgehead atoms. The van der Waals surface area contributed by atoms with E-state index in [1.807, 2.05) is 0 Å². The van der Waals surface area contributed by atoms with Crippen molar-refractivity contribution in [3.63, 3.8) is 0 Å². The van der Waals surface area contributed by atoms with E-state index in [1.54, 1.807) is 0 Å². The molecular weight excluding hydrogens is 238 g/mol. The van der Waals surface area contributed by atoms with E-state index in [-0.39, 0.29) is 11.9 Å². The number of ether oxygens (including phenoxy) is 1. The average Bonchev–Trinajstić information content (AvgIpc) is 2.29. The number of carbonyl (C=O) groups excluding carboxylic acids is 2. The van der Waals surface area contributed by atoms with E-state index in [2.05, 4.69) is 10.3 Å². The van der Waals surface area contributed by atoms with Crippen LogP contribution in [-0.4, -0.2) is 37.7 Å². The van der Waals surface area contributed by atoms with Gasteiger partial charge in [-0.3, -0.25) is 14.6 Å². The zero-order chi connectivity index (χ0) is 14.0. The first-order chi connectivity index (χ1) is 8.47. The van der Waals surface area contributed by atoms with Crippen LogP contribution in [0.15, 0.2) is 4.99 Å². The fourth-order valence-electron chi connectivity index (χ4n) is 1.25. The predicted octanol–water partition coefficient (Wildman–Crippen LogP) is -1.61. The fraction of sp³-hybridized carbons (Fsp3) is 0.700. The number of hydrogen-bond acceptors (Lipinski definition) is 4.